The zero-order chi connectivity index (χ0) is 16.0. The highest BCUT2D eigenvalue weighted by Crippen LogP contribution is 2.18. The van der Waals surface area contributed by atoms with Crippen LogP contribution in [0.4, 0.5) is 4.39 Å². The van der Waals surface area contributed by atoms with E-state index in [-0.39, 0.29) is 23.7 Å². The quantitative estimate of drug-likeness (QED) is 0.740. The summed E-state index contributed by atoms with van der Waals surface area (Å²) < 4.78 is 12.8. The second kappa shape index (κ2) is 7.73. The van der Waals surface area contributed by atoms with Crippen LogP contribution in [0.1, 0.15) is 38.9 Å². The molecule has 0 saturated carbocycles. The van der Waals surface area contributed by atoms with Gasteiger partial charge in [-0.1, -0.05) is 12.1 Å². The van der Waals surface area contributed by atoms with E-state index < -0.39 is 12.1 Å². The number of hydrogen-bond donors (Lipinski definition) is 3. The first-order valence-electron chi connectivity index (χ1n) is 6.80. The maximum Gasteiger partial charge on any atom is 0.242 e. The molecule has 1 aromatic carbocycles. The molecule has 0 aliphatic carbocycles. The van der Waals surface area contributed by atoms with Crippen molar-refractivity contribution < 1.29 is 19.1 Å². The Hall–Kier alpha value is -1.95. The van der Waals surface area contributed by atoms with Crippen LogP contribution in [0, 0.1) is 5.82 Å². The highest BCUT2D eigenvalue weighted by Gasteiger charge is 2.18. The molecule has 116 valence electrons. The van der Waals surface area contributed by atoms with Crippen LogP contribution in [-0.4, -0.2) is 29.0 Å². The van der Waals surface area contributed by atoms with Crippen LogP contribution in [0.25, 0.3) is 0 Å². The summed E-state index contributed by atoms with van der Waals surface area (Å²) in [4.78, 5) is 22.7. The Labute approximate surface area is 123 Å². The second-order valence-electron chi connectivity index (χ2n) is 5.13. The van der Waals surface area contributed by atoms with Gasteiger partial charge in [-0.05, 0) is 38.0 Å². The van der Waals surface area contributed by atoms with Gasteiger partial charge in [-0.2, -0.15) is 0 Å². The maximum atomic E-state index is 12.8. The standard InChI is InChI=1S/C15H21FN2O3/c1-9(17-15(21)10(2)18-11(3)19)8-14(20)12-4-6-13(16)7-5-12/h4-7,9-10,14,20H,8H2,1-3H3,(H,17,21)(H,18,19). The molecule has 0 saturated heterocycles. The fourth-order valence-electron chi connectivity index (χ4n) is 1.95. The molecule has 3 unspecified atom stereocenters. The van der Waals surface area contributed by atoms with Gasteiger partial charge in [0.15, 0.2) is 0 Å². The van der Waals surface area contributed by atoms with E-state index in [9.17, 15) is 19.1 Å². The van der Waals surface area contributed by atoms with Gasteiger partial charge in [-0.25, -0.2) is 4.39 Å². The number of aliphatic hydroxyl groups excluding tert-OH is 1. The molecular weight excluding hydrogens is 275 g/mol. The Balaban J connectivity index is 2.49. The summed E-state index contributed by atoms with van der Waals surface area (Å²) in [5, 5.41) is 15.2. The van der Waals surface area contributed by atoms with E-state index in [2.05, 4.69) is 10.6 Å². The average molecular weight is 296 g/mol. The van der Waals surface area contributed by atoms with E-state index in [1.54, 1.807) is 13.8 Å². The van der Waals surface area contributed by atoms with Crippen molar-refractivity contribution in [3.8, 4) is 0 Å². The van der Waals surface area contributed by atoms with Crippen molar-refractivity contribution in [1.82, 2.24) is 10.6 Å². The Morgan fingerprint density at radius 1 is 1.19 bits per heavy atom. The molecule has 1 rings (SSSR count). The number of benzene rings is 1. The number of carbonyl (C=O) groups excluding carboxylic acids is 2. The lowest BCUT2D eigenvalue weighted by Gasteiger charge is -2.20. The van der Waals surface area contributed by atoms with E-state index >= 15 is 0 Å². The summed E-state index contributed by atoms with van der Waals surface area (Å²) in [6.45, 7) is 4.68. The number of hydrogen-bond acceptors (Lipinski definition) is 3. The molecule has 0 heterocycles. The molecule has 2 amide bonds. The fourth-order valence-corrected chi connectivity index (χ4v) is 1.95. The minimum atomic E-state index is -0.794. The van der Waals surface area contributed by atoms with Crippen molar-refractivity contribution in [3.63, 3.8) is 0 Å². The molecular formula is C15H21FN2O3. The van der Waals surface area contributed by atoms with Gasteiger partial charge in [0.1, 0.15) is 11.9 Å². The molecule has 0 aromatic heterocycles. The molecule has 21 heavy (non-hydrogen) atoms. The van der Waals surface area contributed by atoms with Crippen LogP contribution < -0.4 is 10.6 Å². The smallest absolute Gasteiger partial charge is 0.242 e. The van der Waals surface area contributed by atoms with Crippen LogP contribution in [0.15, 0.2) is 24.3 Å². The van der Waals surface area contributed by atoms with Crippen LogP contribution in [0.3, 0.4) is 0 Å². The number of halogens is 1. The number of rotatable bonds is 6. The largest absolute Gasteiger partial charge is 0.388 e. The van der Waals surface area contributed by atoms with Crippen molar-refractivity contribution in [2.45, 2.75) is 45.4 Å². The fraction of sp³-hybridized carbons (Fsp3) is 0.467. The molecule has 0 aliphatic rings. The lowest BCUT2D eigenvalue weighted by atomic mass is 10.0. The third-order valence-corrected chi connectivity index (χ3v) is 3.03. The predicted molar refractivity (Wildman–Crippen MR) is 76.9 cm³/mol. The Bertz CT molecular complexity index is 490. The summed E-state index contributed by atoms with van der Waals surface area (Å²) in [6.07, 6.45) is -0.499. The van der Waals surface area contributed by atoms with E-state index in [0.29, 0.717) is 12.0 Å². The van der Waals surface area contributed by atoms with Gasteiger partial charge in [0.25, 0.3) is 0 Å². The molecule has 3 atom stereocenters. The molecule has 0 radical (unpaired) electrons. The molecule has 0 fully saturated rings. The van der Waals surface area contributed by atoms with Gasteiger partial charge < -0.3 is 15.7 Å². The minimum absolute atomic E-state index is 0.281. The summed E-state index contributed by atoms with van der Waals surface area (Å²) in [5.74, 6) is -0.961. The Kier molecular flexibility index (Phi) is 6.30. The van der Waals surface area contributed by atoms with E-state index in [1.165, 1.54) is 31.2 Å². The molecule has 5 nitrogen and oxygen atoms in total. The van der Waals surface area contributed by atoms with Gasteiger partial charge in [0.2, 0.25) is 11.8 Å². The first-order chi connectivity index (χ1) is 9.79. The normalized spacial score (nSPS) is 14.9. The van der Waals surface area contributed by atoms with Gasteiger partial charge in [-0.3, -0.25) is 9.59 Å². The van der Waals surface area contributed by atoms with E-state index in [1.807, 2.05) is 0 Å². The molecule has 3 N–H and O–H groups in total. The van der Waals surface area contributed by atoms with Crippen LogP contribution in [-0.2, 0) is 9.59 Å². The number of carbonyl (C=O) groups is 2. The van der Waals surface area contributed by atoms with E-state index in [4.69, 9.17) is 0 Å². The van der Waals surface area contributed by atoms with Gasteiger partial charge in [-0.15, -0.1) is 0 Å². The van der Waals surface area contributed by atoms with Crippen molar-refractivity contribution in [3.05, 3.63) is 35.6 Å². The first kappa shape index (κ1) is 17.1. The second-order valence-corrected chi connectivity index (χ2v) is 5.13. The summed E-state index contributed by atoms with van der Waals surface area (Å²) in [5.41, 5.74) is 0.590. The van der Waals surface area contributed by atoms with Crippen molar-refractivity contribution >= 4 is 11.8 Å². The molecule has 1 aromatic rings. The summed E-state index contributed by atoms with van der Waals surface area (Å²) in [7, 11) is 0. The SMILES string of the molecule is CC(=O)NC(C)C(=O)NC(C)CC(O)c1ccc(F)cc1. The van der Waals surface area contributed by atoms with Crippen LogP contribution in [0.5, 0.6) is 0 Å². The highest BCUT2D eigenvalue weighted by molar-refractivity contribution is 5.86. The van der Waals surface area contributed by atoms with Crippen molar-refractivity contribution in [2.24, 2.45) is 0 Å². The van der Waals surface area contributed by atoms with Gasteiger partial charge >= 0.3 is 0 Å². The highest BCUT2D eigenvalue weighted by atomic mass is 19.1. The third-order valence-electron chi connectivity index (χ3n) is 3.03. The molecule has 0 spiro atoms. The monoisotopic (exact) mass is 296 g/mol. The molecule has 0 bridgehead atoms. The van der Waals surface area contributed by atoms with Crippen molar-refractivity contribution in [1.29, 1.82) is 0 Å². The third kappa shape index (κ3) is 5.91. The number of aliphatic hydroxyl groups is 1. The Morgan fingerprint density at radius 3 is 2.29 bits per heavy atom. The number of nitrogens with one attached hydrogen (secondary N) is 2. The van der Waals surface area contributed by atoms with Gasteiger partial charge in [0.05, 0.1) is 6.10 Å². The summed E-state index contributed by atoms with van der Waals surface area (Å²) >= 11 is 0. The lowest BCUT2D eigenvalue weighted by molar-refractivity contribution is -0.128. The van der Waals surface area contributed by atoms with Crippen LogP contribution in [0.2, 0.25) is 0 Å². The predicted octanol–water partition coefficient (Wildman–Crippen LogP) is 1.28. The average Bonchev–Trinajstić information content (AvgIpc) is 2.38. The van der Waals surface area contributed by atoms with E-state index in [0.717, 1.165) is 0 Å². The summed E-state index contributed by atoms with van der Waals surface area (Å²) in [6, 6.07) is 4.66. The maximum absolute atomic E-state index is 12.8. The zero-order valence-corrected chi connectivity index (χ0v) is 12.4. The zero-order valence-electron chi connectivity index (χ0n) is 12.4. The molecule has 0 aliphatic heterocycles. The van der Waals surface area contributed by atoms with Crippen molar-refractivity contribution in [2.75, 3.05) is 0 Å². The first-order valence-corrected chi connectivity index (χ1v) is 6.80. The number of amides is 2. The van der Waals surface area contributed by atoms with Crippen LogP contribution >= 0.6 is 0 Å². The van der Waals surface area contributed by atoms with Gasteiger partial charge in [0, 0.05) is 13.0 Å². The molecule has 6 heteroatoms. The topological polar surface area (TPSA) is 78.4 Å². The minimum Gasteiger partial charge on any atom is -0.388 e. The Morgan fingerprint density at radius 2 is 1.76 bits per heavy atom. The lowest BCUT2D eigenvalue weighted by Crippen LogP contribution is -2.47.